The van der Waals surface area contributed by atoms with E-state index in [4.69, 9.17) is 4.74 Å². The van der Waals surface area contributed by atoms with Crippen molar-refractivity contribution in [1.82, 2.24) is 4.90 Å². The number of carbonyl (C=O) groups is 2. The summed E-state index contributed by atoms with van der Waals surface area (Å²) in [5.41, 5.74) is 0. The van der Waals surface area contributed by atoms with Crippen molar-refractivity contribution in [2.24, 2.45) is 5.92 Å². The Kier molecular flexibility index (Phi) is 9.28. The van der Waals surface area contributed by atoms with Gasteiger partial charge in [-0.25, -0.2) is 0 Å². The average Bonchev–Trinajstić information content (AvgIpc) is 2.40. The molecule has 0 aliphatic carbocycles. The van der Waals surface area contributed by atoms with Gasteiger partial charge < -0.3 is 14.4 Å². The van der Waals surface area contributed by atoms with E-state index in [-0.39, 0.29) is 19.1 Å². The fourth-order valence-electron chi connectivity index (χ4n) is 1.61. The monoisotopic (exact) mass is 259 g/mol. The van der Waals surface area contributed by atoms with E-state index in [2.05, 4.69) is 18.6 Å². The van der Waals surface area contributed by atoms with E-state index in [0.717, 1.165) is 12.8 Å². The Hall–Kier alpha value is -1.10. The van der Waals surface area contributed by atoms with Crippen LogP contribution in [0.5, 0.6) is 0 Å². The van der Waals surface area contributed by atoms with Gasteiger partial charge in [0.25, 0.3) is 0 Å². The number of carbonyl (C=O) groups excluding carboxylic acids is 2. The molecule has 0 rings (SSSR count). The van der Waals surface area contributed by atoms with Crippen LogP contribution in [0.1, 0.15) is 33.6 Å². The topological polar surface area (TPSA) is 55.8 Å². The maximum absolute atomic E-state index is 11.9. The number of ether oxygens (including phenoxy) is 2. The van der Waals surface area contributed by atoms with Crippen molar-refractivity contribution in [3.05, 3.63) is 0 Å². The zero-order chi connectivity index (χ0) is 14.0. The van der Waals surface area contributed by atoms with Gasteiger partial charge in [-0.3, -0.25) is 9.59 Å². The van der Waals surface area contributed by atoms with Crippen LogP contribution in [0.2, 0.25) is 0 Å². The molecular weight excluding hydrogens is 234 g/mol. The highest BCUT2D eigenvalue weighted by Gasteiger charge is 2.20. The third-order valence-corrected chi connectivity index (χ3v) is 2.96. The van der Waals surface area contributed by atoms with Gasteiger partial charge in [0.05, 0.1) is 7.11 Å². The molecule has 5 heteroatoms. The van der Waals surface area contributed by atoms with Crippen LogP contribution >= 0.6 is 0 Å². The maximum Gasteiger partial charge on any atom is 0.325 e. The van der Waals surface area contributed by atoms with Crippen molar-refractivity contribution in [3.8, 4) is 0 Å². The van der Waals surface area contributed by atoms with E-state index in [0.29, 0.717) is 19.1 Å². The van der Waals surface area contributed by atoms with Gasteiger partial charge in [-0.05, 0) is 12.8 Å². The van der Waals surface area contributed by atoms with E-state index in [1.54, 1.807) is 0 Å². The van der Waals surface area contributed by atoms with Gasteiger partial charge in [0.1, 0.15) is 13.2 Å². The third-order valence-electron chi connectivity index (χ3n) is 2.96. The number of hydrogen-bond donors (Lipinski definition) is 0. The van der Waals surface area contributed by atoms with Gasteiger partial charge in [-0.1, -0.05) is 26.7 Å². The third kappa shape index (κ3) is 6.59. The second kappa shape index (κ2) is 9.88. The van der Waals surface area contributed by atoms with Crippen molar-refractivity contribution < 1.29 is 19.1 Å². The number of rotatable bonds is 9. The van der Waals surface area contributed by atoms with Gasteiger partial charge in [-0.15, -0.1) is 0 Å². The molecule has 0 aromatic rings. The molecule has 0 radical (unpaired) electrons. The molecule has 0 aromatic carbocycles. The normalized spacial score (nSPS) is 10.5. The molecule has 0 fully saturated rings. The zero-order valence-corrected chi connectivity index (χ0v) is 11.9. The van der Waals surface area contributed by atoms with Gasteiger partial charge >= 0.3 is 5.97 Å². The molecule has 18 heavy (non-hydrogen) atoms. The SMILES string of the molecule is CCOCC(=O)N(CC(=O)OC)CC(CC)CC. The van der Waals surface area contributed by atoms with Crippen molar-refractivity contribution >= 4 is 11.9 Å². The van der Waals surface area contributed by atoms with Gasteiger partial charge in [0.15, 0.2) is 0 Å². The Morgan fingerprint density at radius 2 is 1.78 bits per heavy atom. The highest BCUT2D eigenvalue weighted by Crippen LogP contribution is 2.10. The first-order valence-corrected chi connectivity index (χ1v) is 6.51. The Morgan fingerprint density at radius 3 is 2.22 bits per heavy atom. The van der Waals surface area contributed by atoms with Crippen molar-refractivity contribution in [1.29, 1.82) is 0 Å². The summed E-state index contributed by atoms with van der Waals surface area (Å²) in [5, 5.41) is 0. The van der Waals surface area contributed by atoms with Crippen LogP contribution in [-0.2, 0) is 19.1 Å². The molecule has 5 nitrogen and oxygen atoms in total. The molecule has 0 spiro atoms. The lowest BCUT2D eigenvalue weighted by molar-refractivity contribution is -0.149. The minimum Gasteiger partial charge on any atom is -0.468 e. The van der Waals surface area contributed by atoms with Crippen LogP contribution in [0.25, 0.3) is 0 Å². The van der Waals surface area contributed by atoms with Crippen molar-refractivity contribution in [2.75, 3.05) is 33.4 Å². The van der Waals surface area contributed by atoms with Gasteiger partial charge in [0.2, 0.25) is 5.91 Å². The first kappa shape index (κ1) is 16.9. The second-order valence-corrected chi connectivity index (χ2v) is 4.17. The number of amides is 1. The summed E-state index contributed by atoms with van der Waals surface area (Å²) >= 11 is 0. The molecular formula is C13H25NO4. The standard InChI is InChI=1S/C13H25NO4/c1-5-11(6-2)8-14(9-13(16)17-4)12(15)10-18-7-3/h11H,5-10H2,1-4H3. The molecule has 0 unspecified atom stereocenters. The van der Waals surface area contributed by atoms with Crippen LogP contribution in [0, 0.1) is 5.92 Å². The summed E-state index contributed by atoms with van der Waals surface area (Å²) in [4.78, 5) is 24.7. The summed E-state index contributed by atoms with van der Waals surface area (Å²) in [7, 11) is 1.32. The predicted molar refractivity (Wildman–Crippen MR) is 69.2 cm³/mol. The first-order chi connectivity index (χ1) is 8.58. The molecule has 0 N–H and O–H groups in total. The summed E-state index contributed by atoms with van der Waals surface area (Å²) in [6.45, 7) is 7.08. The molecule has 0 bridgehead atoms. The summed E-state index contributed by atoms with van der Waals surface area (Å²) in [5.74, 6) is -0.153. The highest BCUT2D eigenvalue weighted by molar-refractivity contribution is 5.82. The lowest BCUT2D eigenvalue weighted by atomic mass is 10.0. The predicted octanol–water partition coefficient (Wildman–Crippen LogP) is 1.46. The highest BCUT2D eigenvalue weighted by atomic mass is 16.5. The fourth-order valence-corrected chi connectivity index (χ4v) is 1.61. The van der Waals surface area contributed by atoms with Gasteiger partial charge in [0, 0.05) is 13.2 Å². The van der Waals surface area contributed by atoms with Crippen LogP contribution < -0.4 is 0 Å². The molecule has 0 heterocycles. The van der Waals surface area contributed by atoms with E-state index >= 15 is 0 Å². The second-order valence-electron chi connectivity index (χ2n) is 4.17. The number of esters is 1. The minimum atomic E-state index is -0.397. The van der Waals surface area contributed by atoms with E-state index < -0.39 is 5.97 Å². The zero-order valence-electron chi connectivity index (χ0n) is 11.9. The number of hydrogen-bond acceptors (Lipinski definition) is 4. The molecule has 0 aliphatic rings. The van der Waals surface area contributed by atoms with Crippen molar-refractivity contribution in [2.45, 2.75) is 33.6 Å². The van der Waals surface area contributed by atoms with E-state index in [1.807, 2.05) is 6.92 Å². The smallest absolute Gasteiger partial charge is 0.325 e. The summed E-state index contributed by atoms with van der Waals surface area (Å²) < 4.78 is 9.71. The fraction of sp³-hybridized carbons (Fsp3) is 0.846. The van der Waals surface area contributed by atoms with Crippen molar-refractivity contribution in [3.63, 3.8) is 0 Å². The Morgan fingerprint density at radius 1 is 1.17 bits per heavy atom. The van der Waals surface area contributed by atoms with Crippen LogP contribution in [-0.4, -0.2) is 50.2 Å². The van der Waals surface area contributed by atoms with E-state index in [9.17, 15) is 9.59 Å². The molecule has 106 valence electrons. The largest absolute Gasteiger partial charge is 0.468 e. The van der Waals surface area contributed by atoms with Gasteiger partial charge in [-0.2, -0.15) is 0 Å². The quantitative estimate of drug-likeness (QED) is 0.588. The van der Waals surface area contributed by atoms with Crippen LogP contribution in [0.15, 0.2) is 0 Å². The molecule has 0 saturated heterocycles. The number of nitrogens with zero attached hydrogens (tertiary/aromatic N) is 1. The molecule has 1 amide bonds. The Labute approximate surface area is 109 Å². The maximum atomic E-state index is 11.9. The number of methoxy groups -OCH3 is 1. The minimum absolute atomic E-state index is 0.00108. The lowest BCUT2D eigenvalue weighted by Gasteiger charge is -2.25. The summed E-state index contributed by atoms with van der Waals surface area (Å²) in [6, 6.07) is 0. The summed E-state index contributed by atoms with van der Waals surface area (Å²) in [6.07, 6.45) is 1.96. The Bertz CT molecular complexity index is 251. The lowest BCUT2D eigenvalue weighted by Crippen LogP contribution is -2.41. The van der Waals surface area contributed by atoms with Crippen LogP contribution in [0.3, 0.4) is 0 Å². The molecule has 0 atom stereocenters. The molecule has 0 saturated carbocycles. The Balaban J connectivity index is 4.49. The average molecular weight is 259 g/mol. The van der Waals surface area contributed by atoms with E-state index in [1.165, 1.54) is 12.0 Å². The molecule has 0 aliphatic heterocycles. The van der Waals surface area contributed by atoms with Crippen LogP contribution in [0.4, 0.5) is 0 Å². The molecule has 0 aromatic heterocycles. The first-order valence-electron chi connectivity index (χ1n) is 6.51.